The van der Waals surface area contributed by atoms with Crippen molar-refractivity contribution in [2.45, 2.75) is 18.7 Å². The molecule has 0 aliphatic heterocycles. The van der Waals surface area contributed by atoms with Crippen LogP contribution < -0.4 is 5.73 Å². The van der Waals surface area contributed by atoms with Crippen LogP contribution in [0.15, 0.2) is 18.2 Å². The Morgan fingerprint density at radius 1 is 1.31 bits per heavy atom. The molecule has 0 saturated carbocycles. The van der Waals surface area contributed by atoms with Crippen molar-refractivity contribution in [3.05, 3.63) is 35.1 Å². The highest BCUT2D eigenvalue weighted by Gasteiger charge is 2.31. The van der Waals surface area contributed by atoms with Crippen LogP contribution in [-0.2, 0) is 6.18 Å². The number of halogens is 4. The van der Waals surface area contributed by atoms with Gasteiger partial charge in [0.05, 0.1) is 11.7 Å². The monoisotopic (exact) mass is 237 g/mol. The van der Waals surface area contributed by atoms with Crippen LogP contribution in [0.25, 0.3) is 0 Å². The lowest BCUT2D eigenvalue weighted by Crippen LogP contribution is -2.10. The van der Waals surface area contributed by atoms with Crippen molar-refractivity contribution in [3.8, 4) is 0 Å². The molecule has 1 rings (SSSR count). The zero-order chi connectivity index (χ0) is 12.3. The highest BCUT2D eigenvalue weighted by molar-refractivity contribution is 5.27. The average molecular weight is 237 g/mol. The number of rotatable bonds is 3. The van der Waals surface area contributed by atoms with E-state index < -0.39 is 23.7 Å². The Balaban J connectivity index is 3.00. The van der Waals surface area contributed by atoms with E-state index in [2.05, 4.69) is 0 Å². The molecular formula is C10H11F4NO. The molecule has 0 saturated heterocycles. The number of benzene rings is 1. The molecule has 2 nitrogen and oxygen atoms in total. The predicted molar refractivity (Wildman–Crippen MR) is 50.0 cm³/mol. The van der Waals surface area contributed by atoms with E-state index in [0.717, 1.165) is 12.1 Å². The molecule has 0 unspecified atom stereocenters. The summed E-state index contributed by atoms with van der Waals surface area (Å²) in [5.74, 6) is -1.07. The van der Waals surface area contributed by atoms with Gasteiger partial charge in [-0.15, -0.1) is 0 Å². The third kappa shape index (κ3) is 2.93. The van der Waals surface area contributed by atoms with Crippen molar-refractivity contribution in [2.24, 2.45) is 5.73 Å². The molecule has 0 fully saturated rings. The summed E-state index contributed by atoms with van der Waals surface area (Å²) in [5, 5.41) is 9.39. The molecule has 0 aromatic heterocycles. The second-order valence-corrected chi connectivity index (χ2v) is 3.33. The molecular weight excluding hydrogens is 226 g/mol. The number of aliphatic hydroxyl groups is 1. The fourth-order valence-electron chi connectivity index (χ4n) is 1.29. The molecule has 16 heavy (non-hydrogen) atoms. The van der Waals surface area contributed by atoms with Crippen LogP contribution in [0.5, 0.6) is 0 Å². The van der Waals surface area contributed by atoms with Gasteiger partial charge in [0.25, 0.3) is 0 Å². The summed E-state index contributed by atoms with van der Waals surface area (Å²) in [4.78, 5) is 0. The van der Waals surface area contributed by atoms with Gasteiger partial charge >= 0.3 is 6.18 Å². The van der Waals surface area contributed by atoms with Gasteiger partial charge in [0.2, 0.25) is 0 Å². The highest BCUT2D eigenvalue weighted by atomic mass is 19.4. The van der Waals surface area contributed by atoms with Crippen molar-refractivity contribution in [1.82, 2.24) is 0 Å². The van der Waals surface area contributed by atoms with E-state index in [0.29, 0.717) is 6.07 Å². The molecule has 90 valence electrons. The van der Waals surface area contributed by atoms with Crippen LogP contribution in [0.3, 0.4) is 0 Å². The van der Waals surface area contributed by atoms with Crippen LogP contribution in [0.4, 0.5) is 17.6 Å². The number of aliphatic hydroxyl groups excluding tert-OH is 1. The van der Waals surface area contributed by atoms with Crippen LogP contribution in [0.1, 0.15) is 23.7 Å². The van der Waals surface area contributed by atoms with Crippen LogP contribution >= 0.6 is 0 Å². The minimum atomic E-state index is -4.59. The van der Waals surface area contributed by atoms with Crippen molar-refractivity contribution >= 4 is 0 Å². The summed E-state index contributed by atoms with van der Waals surface area (Å²) in [6.07, 6.45) is -5.66. The van der Waals surface area contributed by atoms with Crippen LogP contribution in [0, 0.1) is 5.82 Å². The summed E-state index contributed by atoms with van der Waals surface area (Å²) < 4.78 is 49.9. The van der Waals surface area contributed by atoms with E-state index in [9.17, 15) is 22.7 Å². The first-order chi connectivity index (χ1) is 7.36. The Labute approximate surface area is 89.7 Å². The molecule has 0 aliphatic carbocycles. The third-order valence-corrected chi connectivity index (χ3v) is 2.13. The molecule has 0 bridgehead atoms. The Morgan fingerprint density at radius 2 is 1.94 bits per heavy atom. The largest absolute Gasteiger partial charge is 0.416 e. The fourth-order valence-corrected chi connectivity index (χ4v) is 1.29. The SMILES string of the molecule is NCC[C@H](O)c1ccc(C(F)(F)F)cc1F. The molecule has 1 atom stereocenters. The van der Waals surface area contributed by atoms with Gasteiger partial charge in [0, 0.05) is 5.56 Å². The van der Waals surface area contributed by atoms with E-state index in [4.69, 9.17) is 5.73 Å². The van der Waals surface area contributed by atoms with Crippen molar-refractivity contribution in [3.63, 3.8) is 0 Å². The molecule has 3 N–H and O–H groups in total. The first-order valence-electron chi connectivity index (χ1n) is 4.61. The molecule has 0 radical (unpaired) electrons. The van der Waals surface area contributed by atoms with E-state index in [-0.39, 0.29) is 18.5 Å². The summed E-state index contributed by atoms with van der Waals surface area (Å²) in [6.45, 7) is 0.127. The van der Waals surface area contributed by atoms with E-state index in [1.54, 1.807) is 0 Å². The first-order valence-corrected chi connectivity index (χ1v) is 4.61. The zero-order valence-corrected chi connectivity index (χ0v) is 8.26. The molecule has 0 aliphatic rings. The normalized spacial score (nSPS) is 13.9. The second-order valence-electron chi connectivity index (χ2n) is 3.33. The maximum atomic E-state index is 13.3. The maximum absolute atomic E-state index is 13.3. The number of alkyl halides is 3. The molecule has 0 amide bonds. The topological polar surface area (TPSA) is 46.2 Å². The summed E-state index contributed by atoms with van der Waals surface area (Å²) in [7, 11) is 0. The van der Waals surface area contributed by atoms with E-state index >= 15 is 0 Å². The molecule has 0 heterocycles. The van der Waals surface area contributed by atoms with E-state index in [1.807, 2.05) is 0 Å². The Morgan fingerprint density at radius 3 is 2.38 bits per heavy atom. The predicted octanol–water partition coefficient (Wildman–Crippen LogP) is 2.23. The second kappa shape index (κ2) is 4.80. The van der Waals surface area contributed by atoms with Gasteiger partial charge in [-0.1, -0.05) is 6.07 Å². The van der Waals surface area contributed by atoms with Crippen LogP contribution in [0.2, 0.25) is 0 Å². The lowest BCUT2D eigenvalue weighted by molar-refractivity contribution is -0.137. The molecule has 1 aromatic rings. The Kier molecular flexibility index (Phi) is 3.88. The fraction of sp³-hybridized carbons (Fsp3) is 0.400. The lowest BCUT2D eigenvalue weighted by atomic mass is 10.0. The number of hydrogen-bond acceptors (Lipinski definition) is 2. The first kappa shape index (κ1) is 12.9. The Bertz CT molecular complexity index is 364. The third-order valence-electron chi connectivity index (χ3n) is 2.13. The summed E-state index contributed by atoms with van der Waals surface area (Å²) in [6, 6.07) is 2.03. The lowest BCUT2D eigenvalue weighted by Gasteiger charge is -2.13. The number of hydrogen-bond donors (Lipinski definition) is 2. The highest BCUT2D eigenvalue weighted by Crippen LogP contribution is 2.31. The minimum absolute atomic E-state index is 0.0995. The van der Waals surface area contributed by atoms with Gasteiger partial charge in [0.1, 0.15) is 5.82 Å². The summed E-state index contributed by atoms with van der Waals surface area (Å²) >= 11 is 0. The summed E-state index contributed by atoms with van der Waals surface area (Å²) in [5.41, 5.74) is 3.91. The zero-order valence-electron chi connectivity index (χ0n) is 8.26. The van der Waals surface area contributed by atoms with Crippen molar-refractivity contribution in [1.29, 1.82) is 0 Å². The van der Waals surface area contributed by atoms with Crippen molar-refractivity contribution in [2.75, 3.05) is 6.54 Å². The average Bonchev–Trinajstić information content (AvgIpc) is 2.16. The van der Waals surface area contributed by atoms with Gasteiger partial charge in [-0.2, -0.15) is 13.2 Å². The van der Waals surface area contributed by atoms with Gasteiger partial charge in [-0.3, -0.25) is 0 Å². The molecule has 0 spiro atoms. The number of nitrogens with two attached hydrogens (primary N) is 1. The maximum Gasteiger partial charge on any atom is 0.416 e. The van der Waals surface area contributed by atoms with Crippen molar-refractivity contribution < 1.29 is 22.7 Å². The molecule has 1 aromatic carbocycles. The van der Waals surface area contributed by atoms with Gasteiger partial charge < -0.3 is 10.8 Å². The minimum Gasteiger partial charge on any atom is -0.388 e. The molecule has 6 heteroatoms. The smallest absolute Gasteiger partial charge is 0.388 e. The van der Waals surface area contributed by atoms with Crippen LogP contribution in [-0.4, -0.2) is 11.7 Å². The standard InChI is InChI=1S/C10H11F4NO/c11-8-5-6(10(12,13)14)1-2-7(8)9(16)3-4-15/h1-2,5,9,16H,3-4,15H2/t9-/m0/s1. The van der Waals surface area contributed by atoms with Gasteiger partial charge in [-0.05, 0) is 25.1 Å². The quantitative estimate of drug-likeness (QED) is 0.792. The van der Waals surface area contributed by atoms with Gasteiger partial charge in [-0.25, -0.2) is 4.39 Å². The Hall–Kier alpha value is -1.14. The van der Waals surface area contributed by atoms with Gasteiger partial charge in [0.15, 0.2) is 0 Å². The van der Waals surface area contributed by atoms with E-state index in [1.165, 1.54) is 0 Å².